The van der Waals surface area contributed by atoms with Crippen LogP contribution in [0.2, 0.25) is 0 Å². The maximum atomic E-state index is 12.4. The number of nitrogens with zero attached hydrogens (tertiary/aromatic N) is 2. The Balaban J connectivity index is 1.44. The van der Waals surface area contributed by atoms with Gasteiger partial charge in [-0.2, -0.15) is 0 Å². The number of nitrogens with one attached hydrogen (secondary N) is 1. The lowest BCUT2D eigenvalue weighted by Gasteiger charge is -2.05. The zero-order valence-electron chi connectivity index (χ0n) is 15.3. The molecule has 29 heavy (non-hydrogen) atoms. The summed E-state index contributed by atoms with van der Waals surface area (Å²) in [6.07, 6.45) is 0.126. The van der Waals surface area contributed by atoms with Gasteiger partial charge in [0.25, 0.3) is 0 Å². The third-order valence-corrected chi connectivity index (χ3v) is 5.98. The fourth-order valence-electron chi connectivity index (χ4n) is 3.02. The minimum Gasteiger partial charge on any atom is -0.407 e. The zero-order chi connectivity index (χ0) is 20.3. The summed E-state index contributed by atoms with van der Waals surface area (Å²) in [6.45, 7) is 0. The first-order valence-electron chi connectivity index (χ1n) is 8.88. The lowest BCUT2D eigenvalue weighted by molar-refractivity contribution is -0.115. The number of carbonyl (C=O) groups is 1. The fourth-order valence-corrected chi connectivity index (χ4v) is 4.20. The predicted molar refractivity (Wildman–Crippen MR) is 108 cm³/mol. The van der Waals surface area contributed by atoms with E-state index in [4.69, 9.17) is 4.42 Å². The van der Waals surface area contributed by atoms with Crippen molar-refractivity contribution in [3.05, 3.63) is 84.3 Å². The number of hydrogen-bond donors (Lipinski definition) is 1. The largest absolute Gasteiger partial charge is 0.407 e. The molecule has 4 aromatic rings. The van der Waals surface area contributed by atoms with Crippen LogP contribution >= 0.6 is 0 Å². The van der Waals surface area contributed by atoms with E-state index >= 15 is 0 Å². The molecule has 1 aromatic heterocycles. The number of rotatable bonds is 6. The molecule has 1 heterocycles. The summed E-state index contributed by atoms with van der Waals surface area (Å²) < 4.78 is 30.1. The SMILES string of the molecule is O=C(Cc1cccc2ccccc12)Nc1nnc(CS(=O)(=O)c2ccccc2)o1. The highest BCUT2D eigenvalue weighted by atomic mass is 32.2. The molecule has 0 saturated heterocycles. The Morgan fingerprint density at radius 3 is 2.45 bits per heavy atom. The first-order valence-corrected chi connectivity index (χ1v) is 10.5. The summed E-state index contributed by atoms with van der Waals surface area (Å²) in [5.41, 5.74) is 0.868. The van der Waals surface area contributed by atoms with Crippen molar-refractivity contribution in [3.63, 3.8) is 0 Å². The van der Waals surface area contributed by atoms with Crippen LogP contribution in [0.5, 0.6) is 0 Å². The van der Waals surface area contributed by atoms with E-state index in [1.807, 2.05) is 42.5 Å². The van der Waals surface area contributed by atoms with Gasteiger partial charge in [0.15, 0.2) is 9.84 Å². The normalized spacial score (nSPS) is 11.4. The number of amides is 1. The number of anilines is 1. The van der Waals surface area contributed by atoms with Gasteiger partial charge < -0.3 is 4.42 Å². The standard InChI is InChI=1S/C21H17N3O4S/c25-19(13-16-9-6-8-15-7-4-5-12-18(15)16)22-21-24-23-20(28-21)14-29(26,27)17-10-2-1-3-11-17/h1-12H,13-14H2,(H,22,24,25). The van der Waals surface area contributed by atoms with Crippen LogP contribution in [0.4, 0.5) is 6.01 Å². The zero-order valence-corrected chi connectivity index (χ0v) is 16.1. The van der Waals surface area contributed by atoms with Crippen LogP contribution in [0, 0.1) is 0 Å². The van der Waals surface area contributed by atoms with Crippen molar-refractivity contribution >= 4 is 32.5 Å². The maximum Gasteiger partial charge on any atom is 0.322 e. The predicted octanol–water partition coefficient (Wildman–Crippen LogP) is 3.38. The molecule has 1 amide bonds. The van der Waals surface area contributed by atoms with Crippen LogP contribution in [0.1, 0.15) is 11.5 Å². The minimum atomic E-state index is -3.61. The molecule has 1 N–H and O–H groups in total. The molecule has 0 aliphatic heterocycles. The number of benzene rings is 3. The third kappa shape index (κ3) is 4.33. The molecule has 0 atom stereocenters. The van der Waals surface area contributed by atoms with Crippen molar-refractivity contribution in [3.8, 4) is 0 Å². The lowest BCUT2D eigenvalue weighted by Crippen LogP contribution is -2.14. The highest BCUT2D eigenvalue weighted by Crippen LogP contribution is 2.20. The molecule has 0 fully saturated rings. The molecular weight excluding hydrogens is 390 g/mol. The van der Waals surface area contributed by atoms with Gasteiger partial charge in [-0.25, -0.2) is 8.42 Å². The Labute approximate surface area is 167 Å². The van der Waals surface area contributed by atoms with Crippen molar-refractivity contribution in [2.24, 2.45) is 0 Å². The molecule has 3 aromatic carbocycles. The van der Waals surface area contributed by atoms with E-state index in [1.54, 1.807) is 18.2 Å². The van der Waals surface area contributed by atoms with Gasteiger partial charge in [-0.05, 0) is 28.5 Å². The van der Waals surface area contributed by atoms with E-state index in [-0.39, 0.29) is 29.1 Å². The van der Waals surface area contributed by atoms with Crippen LogP contribution < -0.4 is 5.32 Å². The first kappa shape index (κ1) is 18.8. The number of aromatic nitrogens is 2. The average molecular weight is 407 g/mol. The van der Waals surface area contributed by atoms with E-state index in [1.165, 1.54) is 12.1 Å². The Kier molecular flexibility index (Phi) is 5.09. The molecule has 7 nitrogen and oxygen atoms in total. The molecule has 0 bridgehead atoms. The van der Waals surface area contributed by atoms with Crippen LogP contribution in [0.3, 0.4) is 0 Å². The summed E-state index contributed by atoms with van der Waals surface area (Å²) in [6, 6.07) is 21.4. The van der Waals surface area contributed by atoms with Gasteiger partial charge in [0, 0.05) is 0 Å². The lowest BCUT2D eigenvalue weighted by atomic mass is 10.0. The van der Waals surface area contributed by atoms with Crippen molar-refractivity contribution < 1.29 is 17.6 Å². The molecule has 0 radical (unpaired) electrons. The van der Waals surface area contributed by atoms with Gasteiger partial charge in [-0.1, -0.05) is 65.8 Å². The molecule has 0 spiro atoms. The van der Waals surface area contributed by atoms with Crippen molar-refractivity contribution in [2.45, 2.75) is 17.1 Å². The molecule has 0 aliphatic rings. The van der Waals surface area contributed by atoms with Crippen molar-refractivity contribution in [1.82, 2.24) is 10.2 Å². The molecule has 0 saturated carbocycles. The monoisotopic (exact) mass is 407 g/mol. The maximum absolute atomic E-state index is 12.4. The highest BCUT2D eigenvalue weighted by Gasteiger charge is 2.20. The Morgan fingerprint density at radius 2 is 1.62 bits per heavy atom. The van der Waals surface area contributed by atoms with Crippen LogP contribution in [-0.2, 0) is 26.8 Å². The van der Waals surface area contributed by atoms with Crippen LogP contribution in [0.15, 0.2) is 82.1 Å². The third-order valence-electron chi connectivity index (χ3n) is 4.36. The second-order valence-electron chi connectivity index (χ2n) is 6.44. The molecule has 8 heteroatoms. The van der Waals surface area contributed by atoms with Gasteiger partial charge in [-0.3, -0.25) is 10.1 Å². The molecule has 146 valence electrons. The molecular formula is C21H17N3O4S. The minimum absolute atomic E-state index is 0.0886. The topological polar surface area (TPSA) is 102 Å². The molecule has 0 aliphatic carbocycles. The quantitative estimate of drug-likeness (QED) is 0.526. The second-order valence-corrected chi connectivity index (χ2v) is 8.43. The summed E-state index contributed by atoms with van der Waals surface area (Å²) >= 11 is 0. The van der Waals surface area contributed by atoms with Gasteiger partial charge >= 0.3 is 6.01 Å². The highest BCUT2D eigenvalue weighted by molar-refractivity contribution is 7.90. The number of carbonyl (C=O) groups excluding carboxylic acids is 1. The van der Waals surface area contributed by atoms with E-state index in [2.05, 4.69) is 15.5 Å². The first-order chi connectivity index (χ1) is 14.0. The fraction of sp³-hybridized carbons (Fsp3) is 0.0952. The number of fused-ring (bicyclic) bond motifs is 1. The van der Waals surface area contributed by atoms with Gasteiger partial charge in [0.2, 0.25) is 11.8 Å². The van der Waals surface area contributed by atoms with E-state index in [0.717, 1.165) is 16.3 Å². The Bertz CT molecular complexity index is 1260. The molecule has 0 unspecified atom stereocenters. The van der Waals surface area contributed by atoms with E-state index in [0.29, 0.717) is 0 Å². The van der Waals surface area contributed by atoms with Crippen LogP contribution in [0.25, 0.3) is 10.8 Å². The van der Waals surface area contributed by atoms with Crippen molar-refractivity contribution in [2.75, 3.05) is 5.32 Å². The summed E-state index contributed by atoms with van der Waals surface area (Å²) in [5, 5.41) is 12.0. The van der Waals surface area contributed by atoms with E-state index < -0.39 is 15.6 Å². The summed E-state index contributed by atoms with van der Waals surface area (Å²) in [4.78, 5) is 12.6. The summed E-state index contributed by atoms with van der Waals surface area (Å²) in [7, 11) is -3.61. The van der Waals surface area contributed by atoms with Crippen molar-refractivity contribution in [1.29, 1.82) is 0 Å². The van der Waals surface area contributed by atoms with E-state index in [9.17, 15) is 13.2 Å². The second kappa shape index (κ2) is 7.84. The molecule has 4 rings (SSSR count). The number of hydrogen-bond acceptors (Lipinski definition) is 6. The van der Waals surface area contributed by atoms with Gasteiger partial charge in [0.05, 0.1) is 11.3 Å². The van der Waals surface area contributed by atoms with Gasteiger partial charge in [-0.15, -0.1) is 5.10 Å². The average Bonchev–Trinajstić information content (AvgIpc) is 3.15. The smallest absolute Gasteiger partial charge is 0.322 e. The van der Waals surface area contributed by atoms with Crippen LogP contribution in [-0.4, -0.2) is 24.5 Å². The Hall–Kier alpha value is -3.52. The summed E-state index contributed by atoms with van der Waals surface area (Å²) in [5.74, 6) is -0.861. The number of sulfone groups is 1. The van der Waals surface area contributed by atoms with Gasteiger partial charge in [0.1, 0.15) is 5.75 Å². The Morgan fingerprint density at radius 1 is 0.897 bits per heavy atom.